The van der Waals surface area contributed by atoms with Crippen LogP contribution in [0.2, 0.25) is 0 Å². The Labute approximate surface area is 598 Å². The summed E-state index contributed by atoms with van der Waals surface area (Å²) in [5.74, 6) is 187. The smallest absolute Gasteiger partial charge is 0.407 e. The number of amides is 2. The van der Waals surface area contributed by atoms with Gasteiger partial charge in [-0.3, -0.25) is 4.79 Å². The van der Waals surface area contributed by atoms with Crippen molar-refractivity contribution in [2.24, 2.45) is 0 Å². The molecule has 0 bridgehead atoms. The van der Waals surface area contributed by atoms with E-state index in [1.165, 1.54) is 11.1 Å². The predicted molar refractivity (Wildman–Crippen MR) is 398 cm³/mol. The van der Waals surface area contributed by atoms with E-state index in [1.54, 1.807) is 6.92 Å². The molecule has 0 unspecified atom stereocenters. The quantitative estimate of drug-likeness (QED) is 0.307. The van der Waals surface area contributed by atoms with E-state index >= 15 is 0 Å². The molecule has 0 saturated heterocycles. The summed E-state index contributed by atoms with van der Waals surface area (Å²) in [5, 5.41) is 5.54. The molecule has 1 rings (SSSR count). The summed E-state index contributed by atoms with van der Waals surface area (Å²) in [5.41, 5.74) is 1.99. The SMILES string of the molecule is C#CC#CC#CC#CC#CC#CC#CC#CC#CC#CC#CC#CC#CC#CC#CC#CC#CC#CC#CC#CC#CC#CC#CC#CC#CC#CC#CC#CC#CC#CC#CC#CC#CC#CC#CC#CC#CC#CC.CCc1ccc(CCC(=O)NCCCNC(=O)OC(C)(C)C)cc1. The van der Waals surface area contributed by atoms with Gasteiger partial charge in [-0.25, -0.2) is 4.79 Å². The van der Waals surface area contributed by atoms with Gasteiger partial charge in [-0.05, 0) is 153 Å². The third kappa shape index (κ3) is 70.2. The van der Waals surface area contributed by atoms with Gasteiger partial charge >= 0.3 is 6.09 Å². The third-order valence-electron chi connectivity index (χ3n) is 8.11. The van der Waals surface area contributed by atoms with Gasteiger partial charge < -0.3 is 15.4 Å². The van der Waals surface area contributed by atoms with Crippen LogP contribution in [0, 0.1) is 450 Å². The van der Waals surface area contributed by atoms with Gasteiger partial charge in [0.15, 0.2) is 0 Å². The van der Waals surface area contributed by atoms with Gasteiger partial charge in [0.05, 0.1) is 0 Å². The van der Waals surface area contributed by atoms with Crippen LogP contribution in [0.4, 0.5) is 4.79 Å². The highest BCUT2D eigenvalue weighted by molar-refractivity contribution is 5.76. The fourth-order valence-corrected chi connectivity index (χ4v) is 4.43. The Morgan fingerprint density at radius 1 is 0.307 bits per heavy atom. The molecule has 1 aromatic rings. The Kier molecular flexibility index (Phi) is 56.0. The number of benzene rings is 1. The summed E-state index contributed by atoms with van der Waals surface area (Å²) in [6.07, 6.45) is 7.44. The molecule has 0 aliphatic carbocycles. The van der Waals surface area contributed by atoms with Crippen molar-refractivity contribution < 1.29 is 14.3 Å². The maximum Gasteiger partial charge on any atom is 0.407 e. The fourth-order valence-electron chi connectivity index (χ4n) is 4.43. The Hall–Kier alpha value is -18.8. The number of aryl methyl sites for hydroxylation is 2. The van der Waals surface area contributed by atoms with Crippen LogP contribution in [0.15, 0.2) is 24.3 Å². The maximum absolute atomic E-state index is 11.8. The molecule has 0 aliphatic rings. The number of hydrogen-bond acceptors (Lipinski definition) is 3. The zero-order valence-electron chi connectivity index (χ0n) is 54.4. The van der Waals surface area contributed by atoms with Crippen molar-refractivity contribution in [3.05, 3.63) is 35.4 Å². The average molecular weight is 1260 g/mol. The van der Waals surface area contributed by atoms with Crippen LogP contribution in [0.1, 0.15) is 58.6 Å². The minimum atomic E-state index is -0.492. The molecule has 0 aromatic heterocycles. The predicted octanol–water partition coefficient (Wildman–Crippen LogP) is 3.98. The summed E-state index contributed by atoms with van der Waals surface area (Å²) < 4.78 is 5.13. The molecule has 1 aromatic carbocycles. The molecule has 2 N–H and O–H groups in total. The van der Waals surface area contributed by atoms with Crippen molar-refractivity contribution in [1.29, 1.82) is 0 Å². The van der Waals surface area contributed by atoms with E-state index in [0.717, 1.165) is 12.8 Å². The van der Waals surface area contributed by atoms with Crippen molar-refractivity contribution in [1.82, 2.24) is 10.6 Å². The number of hydrogen-bond donors (Lipinski definition) is 2. The lowest BCUT2D eigenvalue weighted by molar-refractivity contribution is -0.121. The van der Waals surface area contributed by atoms with Gasteiger partial charge in [-0.15, -0.1) is 6.42 Å². The van der Waals surface area contributed by atoms with Gasteiger partial charge in [0.25, 0.3) is 0 Å². The second kappa shape index (κ2) is 68.7. The average Bonchev–Trinajstić information content (AvgIpc) is 2.06. The summed E-state index contributed by atoms with van der Waals surface area (Å²) >= 11 is 0. The van der Waals surface area contributed by atoms with Gasteiger partial charge in [0.1, 0.15) is 5.60 Å². The number of ether oxygens (including phenoxy) is 1. The van der Waals surface area contributed by atoms with E-state index in [2.05, 4.69) is 486 Å². The monoisotopic (exact) mass is 1260 g/mol. The van der Waals surface area contributed by atoms with E-state index in [1.807, 2.05) is 20.8 Å². The number of carbonyl (C=O) groups excluding carboxylic acids is 2. The van der Waals surface area contributed by atoms with Gasteiger partial charge in [-0.1, -0.05) is 37.1 Å². The molecule has 101 heavy (non-hydrogen) atoms. The summed E-state index contributed by atoms with van der Waals surface area (Å²) in [7, 11) is 0. The Morgan fingerprint density at radius 2 is 0.495 bits per heavy atom. The summed E-state index contributed by atoms with van der Waals surface area (Å²) in [6.45, 7) is 10.3. The van der Waals surface area contributed by atoms with Crippen LogP contribution < -0.4 is 10.6 Å². The van der Waals surface area contributed by atoms with Gasteiger partial charge in [0.2, 0.25) is 5.91 Å². The zero-order valence-corrected chi connectivity index (χ0v) is 54.4. The molecule has 446 valence electrons. The molecule has 0 fully saturated rings. The molecule has 2 amide bonds. The molecule has 0 heterocycles. The number of terminal acetylenes is 1. The first kappa shape index (κ1) is 82.2. The van der Waals surface area contributed by atoms with Crippen molar-refractivity contribution in [2.45, 2.75) is 65.9 Å². The second-order valence-electron chi connectivity index (χ2n) is 16.3. The highest BCUT2D eigenvalue weighted by Gasteiger charge is 2.15. The first-order valence-corrected chi connectivity index (χ1v) is 27.9. The minimum Gasteiger partial charge on any atom is -0.444 e. The molecule has 0 saturated carbocycles. The van der Waals surface area contributed by atoms with E-state index in [0.29, 0.717) is 25.9 Å². The van der Waals surface area contributed by atoms with Gasteiger partial charge in [0, 0.05) is 363 Å². The Bertz CT molecular complexity index is 6110. The van der Waals surface area contributed by atoms with Crippen molar-refractivity contribution in [3.63, 3.8) is 0 Å². The maximum atomic E-state index is 11.8. The molecular weight excluding hydrogens is 1230 g/mol. The largest absolute Gasteiger partial charge is 0.444 e. The van der Waals surface area contributed by atoms with E-state index < -0.39 is 11.7 Å². The fraction of sp³-hybridized carbons (Fsp3) is 0.125. The van der Waals surface area contributed by atoms with E-state index in [9.17, 15) is 9.59 Å². The highest BCUT2D eigenvalue weighted by atomic mass is 16.6. The first-order chi connectivity index (χ1) is 49.7. The number of alkyl carbamates (subject to hydrolysis) is 1. The first-order valence-electron chi connectivity index (χ1n) is 27.9. The highest BCUT2D eigenvalue weighted by Crippen LogP contribution is 2.08. The number of carbonyl (C=O) groups is 2. The molecular formula is C96H34N2O3. The molecule has 0 atom stereocenters. The lowest BCUT2D eigenvalue weighted by Crippen LogP contribution is -2.34. The number of rotatable bonds is 8. The zero-order chi connectivity index (χ0) is 73.0. The molecule has 0 aliphatic heterocycles. The van der Waals surface area contributed by atoms with Crippen LogP contribution in [-0.4, -0.2) is 30.7 Å². The van der Waals surface area contributed by atoms with Crippen molar-refractivity contribution in [2.75, 3.05) is 13.1 Å². The lowest BCUT2D eigenvalue weighted by Gasteiger charge is -2.19. The standard InChI is InChI=1S/C77H4.C19H30N2O3/c1-3-5-7-9-11-13-15-17-19-21-23-25-27-29-31-33-35-37-39-41-43-45-47-49-51-53-55-57-59-61-63-65-67-69-71-73-75-77-76-74-72-70-68-66-64-62-60-58-56-54-52-50-48-46-44-42-40-38-36-34-32-30-28-26-24-22-20-18-16-14-12-10-8-6-4-2;1-5-15-7-9-16(10-8-15)11-12-17(22)20-13-6-14-21-18(23)24-19(2,3)4/h1H,2H3;7-10H,5-6,11-14H2,1-4H3,(H,20,22)(H,21,23). The van der Waals surface area contributed by atoms with Crippen LogP contribution in [-0.2, 0) is 22.4 Å². The molecule has 5 nitrogen and oxygen atoms in total. The van der Waals surface area contributed by atoms with Crippen LogP contribution in [0.25, 0.3) is 0 Å². The van der Waals surface area contributed by atoms with Crippen molar-refractivity contribution in [3.8, 4) is 450 Å². The lowest BCUT2D eigenvalue weighted by atomic mass is 10.1. The minimum absolute atomic E-state index is 0.0341. The van der Waals surface area contributed by atoms with Gasteiger partial charge in [-0.2, -0.15) is 0 Å². The Morgan fingerprint density at radius 3 is 0.683 bits per heavy atom. The van der Waals surface area contributed by atoms with Crippen molar-refractivity contribution >= 4 is 12.0 Å². The normalized spacial score (nSPS) is 5.62. The number of nitrogens with one attached hydrogen (secondary N) is 2. The van der Waals surface area contributed by atoms with Crippen LogP contribution >= 0.6 is 0 Å². The molecule has 0 spiro atoms. The second-order valence-corrected chi connectivity index (χ2v) is 16.3. The van der Waals surface area contributed by atoms with Crippen LogP contribution in [0.3, 0.4) is 0 Å². The third-order valence-corrected chi connectivity index (χ3v) is 8.11. The van der Waals surface area contributed by atoms with Crippen LogP contribution in [0.5, 0.6) is 0 Å². The van der Waals surface area contributed by atoms with E-state index in [-0.39, 0.29) is 5.91 Å². The summed E-state index contributed by atoms with van der Waals surface area (Å²) in [6, 6.07) is 8.37. The molecule has 5 heteroatoms. The topological polar surface area (TPSA) is 67.4 Å². The molecule has 0 radical (unpaired) electrons. The summed E-state index contributed by atoms with van der Waals surface area (Å²) in [4.78, 5) is 23.2. The van der Waals surface area contributed by atoms with E-state index in [4.69, 9.17) is 11.2 Å². The Balaban J connectivity index is 0.00000348.